The molecular formula is C17H18BrNO3S2. The summed E-state index contributed by atoms with van der Waals surface area (Å²) in [5.41, 5.74) is 0.819. The molecule has 24 heavy (non-hydrogen) atoms. The van der Waals surface area contributed by atoms with E-state index in [9.17, 15) is 13.2 Å². The van der Waals surface area contributed by atoms with Crippen molar-refractivity contribution in [2.45, 2.75) is 23.8 Å². The van der Waals surface area contributed by atoms with Crippen LogP contribution in [0, 0.1) is 0 Å². The minimum Gasteiger partial charge on any atom is -0.338 e. The molecule has 2 heterocycles. The Balaban J connectivity index is 1.61. The van der Waals surface area contributed by atoms with Crippen LogP contribution in [0.4, 0.5) is 0 Å². The second-order valence-electron chi connectivity index (χ2n) is 5.91. The number of sulfone groups is 1. The molecular weight excluding hydrogens is 410 g/mol. The Hall–Kier alpha value is -1.18. The molecule has 0 N–H and O–H groups in total. The van der Waals surface area contributed by atoms with Crippen LogP contribution in [0.15, 0.2) is 46.3 Å². The highest BCUT2D eigenvalue weighted by molar-refractivity contribution is 9.10. The smallest absolute Gasteiger partial charge is 0.263 e. The fraction of sp³-hybridized carbons (Fsp3) is 0.353. The lowest BCUT2D eigenvalue weighted by molar-refractivity contribution is 0.0730. The van der Waals surface area contributed by atoms with Gasteiger partial charge in [-0.1, -0.05) is 30.3 Å². The van der Waals surface area contributed by atoms with E-state index < -0.39 is 9.84 Å². The van der Waals surface area contributed by atoms with E-state index in [0.717, 1.165) is 10.0 Å². The topological polar surface area (TPSA) is 54.5 Å². The number of hydrogen-bond donors (Lipinski definition) is 0. The number of carbonyl (C=O) groups excluding carboxylic acids is 1. The molecule has 1 saturated heterocycles. The van der Waals surface area contributed by atoms with Crippen molar-refractivity contribution in [1.82, 2.24) is 4.90 Å². The summed E-state index contributed by atoms with van der Waals surface area (Å²) in [6, 6.07) is 11.1. The first-order valence-electron chi connectivity index (χ1n) is 7.74. The van der Waals surface area contributed by atoms with Gasteiger partial charge in [-0.3, -0.25) is 4.79 Å². The lowest BCUT2D eigenvalue weighted by Crippen LogP contribution is -2.42. The minimum absolute atomic E-state index is 0.00962. The van der Waals surface area contributed by atoms with Crippen LogP contribution in [-0.4, -0.2) is 37.6 Å². The van der Waals surface area contributed by atoms with E-state index in [1.807, 2.05) is 41.8 Å². The SMILES string of the molecule is O=C(c1cc(Br)cs1)N1CCC(S(=O)(=O)Cc2ccccc2)CC1. The molecule has 1 aromatic carbocycles. The van der Waals surface area contributed by atoms with Gasteiger partial charge in [-0.2, -0.15) is 0 Å². The summed E-state index contributed by atoms with van der Waals surface area (Å²) >= 11 is 4.76. The molecule has 1 amide bonds. The number of thiophene rings is 1. The number of likely N-dealkylation sites (tertiary alicyclic amines) is 1. The molecule has 0 atom stereocenters. The Morgan fingerprint density at radius 1 is 1.21 bits per heavy atom. The lowest BCUT2D eigenvalue weighted by Gasteiger charge is -2.31. The summed E-state index contributed by atoms with van der Waals surface area (Å²) in [4.78, 5) is 14.9. The summed E-state index contributed by atoms with van der Waals surface area (Å²) in [5.74, 6) is 0.0641. The predicted molar refractivity (Wildman–Crippen MR) is 100 cm³/mol. The van der Waals surface area contributed by atoms with Gasteiger partial charge < -0.3 is 4.90 Å². The molecule has 1 aliphatic rings. The van der Waals surface area contributed by atoms with E-state index in [4.69, 9.17) is 0 Å². The molecule has 7 heteroatoms. The average molecular weight is 428 g/mol. The van der Waals surface area contributed by atoms with Gasteiger partial charge in [0, 0.05) is 22.9 Å². The van der Waals surface area contributed by atoms with E-state index in [1.165, 1.54) is 11.3 Å². The zero-order chi connectivity index (χ0) is 17.2. The van der Waals surface area contributed by atoms with Crippen molar-refractivity contribution < 1.29 is 13.2 Å². The molecule has 4 nitrogen and oxygen atoms in total. The summed E-state index contributed by atoms with van der Waals surface area (Å²) < 4.78 is 26.1. The van der Waals surface area contributed by atoms with Gasteiger partial charge >= 0.3 is 0 Å². The molecule has 0 bridgehead atoms. The largest absolute Gasteiger partial charge is 0.338 e. The van der Waals surface area contributed by atoms with Gasteiger partial charge in [0.05, 0.1) is 15.9 Å². The van der Waals surface area contributed by atoms with Crippen LogP contribution < -0.4 is 0 Å². The first kappa shape index (κ1) is 17.6. The molecule has 1 aliphatic heterocycles. The standard InChI is InChI=1S/C17H18BrNO3S2/c18-14-10-16(23-11-14)17(20)19-8-6-15(7-9-19)24(21,22)12-13-4-2-1-3-5-13/h1-5,10-11,15H,6-9,12H2. The zero-order valence-corrected chi connectivity index (χ0v) is 16.2. The maximum Gasteiger partial charge on any atom is 0.263 e. The van der Waals surface area contributed by atoms with Gasteiger partial charge in [0.2, 0.25) is 0 Å². The van der Waals surface area contributed by atoms with E-state index in [-0.39, 0.29) is 16.9 Å². The first-order chi connectivity index (χ1) is 11.5. The monoisotopic (exact) mass is 427 g/mol. The number of rotatable bonds is 4. The second-order valence-corrected chi connectivity index (χ2v) is 10.0. The number of hydrogen-bond acceptors (Lipinski definition) is 4. The van der Waals surface area contributed by atoms with Crippen molar-refractivity contribution in [1.29, 1.82) is 0 Å². The van der Waals surface area contributed by atoms with Gasteiger partial charge in [-0.25, -0.2) is 8.42 Å². The molecule has 0 spiro atoms. The number of carbonyl (C=O) groups is 1. The Labute approximate surface area is 154 Å². The molecule has 2 aromatic rings. The first-order valence-corrected chi connectivity index (χ1v) is 11.1. The van der Waals surface area contributed by atoms with E-state index in [1.54, 1.807) is 4.90 Å². The van der Waals surface area contributed by atoms with Crippen molar-refractivity contribution in [2.75, 3.05) is 13.1 Å². The van der Waals surface area contributed by atoms with Crippen LogP contribution in [0.1, 0.15) is 28.1 Å². The van der Waals surface area contributed by atoms with Gasteiger partial charge in [0.15, 0.2) is 9.84 Å². The molecule has 1 aromatic heterocycles. The maximum absolute atomic E-state index is 12.6. The Kier molecular flexibility index (Phi) is 5.42. The van der Waals surface area contributed by atoms with Gasteiger partial charge in [0.25, 0.3) is 5.91 Å². The third kappa shape index (κ3) is 4.07. The molecule has 0 aliphatic carbocycles. The Morgan fingerprint density at radius 3 is 2.46 bits per heavy atom. The van der Waals surface area contributed by atoms with Gasteiger partial charge in [0.1, 0.15) is 0 Å². The highest BCUT2D eigenvalue weighted by Gasteiger charge is 2.32. The number of piperidine rings is 1. The lowest BCUT2D eigenvalue weighted by atomic mass is 10.1. The summed E-state index contributed by atoms with van der Waals surface area (Å²) in [5, 5.41) is 1.52. The van der Waals surface area contributed by atoms with Crippen LogP contribution in [0.3, 0.4) is 0 Å². The summed E-state index contributed by atoms with van der Waals surface area (Å²) in [6.07, 6.45) is 1.01. The molecule has 1 fully saturated rings. The van der Waals surface area contributed by atoms with Crippen LogP contribution in [0.2, 0.25) is 0 Å². The summed E-state index contributed by atoms with van der Waals surface area (Å²) in [6.45, 7) is 0.986. The van der Waals surface area contributed by atoms with Gasteiger partial charge in [-0.05, 0) is 40.4 Å². The van der Waals surface area contributed by atoms with Crippen LogP contribution >= 0.6 is 27.3 Å². The number of halogens is 1. The van der Waals surface area contributed by atoms with E-state index in [2.05, 4.69) is 15.9 Å². The second kappa shape index (κ2) is 7.37. The highest BCUT2D eigenvalue weighted by Crippen LogP contribution is 2.25. The zero-order valence-electron chi connectivity index (χ0n) is 13.0. The molecule has 128 valence electrons. The Bertz CT molecular complexity index is 809. The van der Waals surface area contributed by atoms with Crippen LogP contribution in [-0.2, 0) is 15.6 Å². The third-order valence-electron chi connectivity index (χ3n) is 4.23. The van der Waals surface area contributed by atoms with Crippen molar-refractivity contribution >= 4 is 43.0 Å². The molecule has 0 unspecified atom stereocenters. The summed E-state index contributed by atoms with van der Waals surface area (Å²) in [7, 11) is -3.19. The molecule has 0 radical (unpaired) electrons. The Morgan fingerprint density at radius 2 is 1.88 bits per heavy atom. The fourth-order valence-corrected chi connectivity index (χ4v) is 6.14. The van der Waals surface area contributed by atoms with Crippen LogP contribution in [0.25, 0.3) is 0 Å². The van der Waals surface area contributed by atoms with Crippen LogP contribution in [0.5, 0.6) is 0 Å². The van der Waals surface area contributed by atoms with Crippen molar-refractivity contribution in [3.05, 3.63) is 56.7 Å². The third-order valence-corrected chi connectivity index (χ3v) is 8.13. The normalized spacial score (nSPS) is 16.3. The molecule has 3 rings (SSSR count). The number of amides is 1. The van der Waals surface area contributed by atoms with E-state index in [0.29, 0.717) is 30.8 Å². The fourth-order valence-electron chi connectivity index (χ4n) is 2.92. The highest BCUT2D eigenvalue weighted by atomic mass is 79.9. The van der Waals surface area contributed by atoms with Gasteiger partial charge in [-0.15, -0.1) is 11.3 Å². The maximum atomic E-state index is 12.6. The minimum atomic E-state index is -3.19. The quantitative estimate of drug-likeness (QED) is 0.746. The van der Waals surface area contributed by atoms with Crippen molar-refractivity contribution in [3.63, 3.8) is 0 Å². The van der Waals surface area contributed by atoms with Crippen molar-refractivity contribution in [2.24, 2.45) is 0 Å². The van der Waals surface area contributed by atoms with E-state index >= 15 is 0 Å². The molecule has 0 saturated carbocycles. The van der Waals surface area contributed by atoms with Crippen molar-refractivity contribution in [3.8, 4) is 0 Å². The number of nitrogens with zero attached hydrogens (tertiary/aromatic N) is 1. The average Bonchev–Trinajstić information content (AvgIpc) is 3.01. The predicted octanol–water partition coefficient (Wildman–Crippen LogP) is 3.73. The number of benzene rings is 1.